The minimum absolute atomic E-state index is 0.00214. The Morgan fingerprint density at radius 1 is 1.38 bits per heavy atom. The van der Waals surface area contributed by atoms with Gasteiger partial charge in [-0.25, -0.2) is 14.8 Å². The summed E-state index contributed by atoms with van der Waals surface area (Å²) in [6.45, 7) is 3.49. The monoisotopic (exact) mass is 441 g/mol. The highest BCUT2D eigenvalue weighted by molar-refractivity contribution is 5.94. The summed E-state index contributed by atoms with van der Waals surface area (Å²) in [6.07, 6.45) is 4.01. The first-order valence-corrected chi connectivity index (χ1v) is 10.5. The van der Waals surface area contributed by atoms with E-state index in [1.165, 1.54) is 10.9 Å². The average Bonchev–Trinajstić information content (AvgIpc) is 3.21. The molecule has 11 heteroatoms. The standard InChI is InChI=1S/C21H27N7O4/c1-14-6-10-27(17(29)5-8-22)12-16(14)26(2)19-15-7-11-28(20(15)25-13-24-19)21(32)23-9-3-4-18(30)31/h7,11,13-14,16H,3-6,9-10,12H2,1-2H3,(H,23,32)(H,30,31)/t14-,16+/m1/s1. The number of rotatable bonds is 7. The molecule has 2 atom stereocenters. The first kappa shape index (κ1) is 23.0. The first-order chi connectivity index (χ1) is 15.3. The van der Waals surface area contributed by atoms with Crippen molar-refractivity contribution in [2.45, 2.75) is 38.6 Å². The van der Waals surface area contributed by atoms with E-state index >= 15 is 0 Å². The van der Waals surface area contributed by atoms with Gasteiger partial charge >= 0.3 is 12.0 Å². The zero-order valence-electron chi connectivity index (χ0n) is 18.2. The van der Waals surface area contributed by atoms with Crippen LogP contribution >= 0.6 is 0 Å². The molecule has 0 spiro atoms. The number of aliphatic carboxylic acids is 1. The summed E-state index contributed by atoms with van der Waals surface area (Å²) < 4.78 is 1.38. The molecule has 11 nitrogen and oxygen atoms in total. The average molecular weight is 441 g/mol. The van der Waals surface area contributed by atoms with Gasteiger partial charge in [-0.15, -0.1) is 0 Å². The smallest absolute Gasteiger partial charge is 0.327 e. The molecule has 2 N–H and O–H groups in total. The second kappa shape index (κ2) is 10.1. The van der Waals surface area contributed by atoms with Crippen LogP contribution in [0.25, 0.3) is 11.0 Å². The molecule has 2 aromatic heterocycles. The molecule has 0 unspecified atom stereocenters. The van der Waals surface area contributed by atoms with E-state index in [2.05, 4.69) is 22.2 Å². The molecule has 2 aromatic rings. The maximum atomic E-state index is 12.5. The summed E-state index contributed by atoms with van der Waals surface area (Å²) in [7, 11) is 1.91. The first-order valence-electron chi connectivity index (χ1n) is 10.5. The Hall–Kier alpha value is -3.68. The Labute approximate surface area is 185 Å². The van der Waals surface area contributed by atoms with E-state index in [0.717, 1.165) is 6.42 Å². The number of hydrogen-bond acceptors (Lipinski definition) is 7. The zero-order valence-corrected chi connectivity index (χ0v) is 18.2. The van der Waals surface area contributed by atoms with E-state index in [4.69, 9.17) is 10.4 Å². The summed E-state index contributed by atoms with van der Waals surface area (Å²) in [5.74, 6) is -0.123. The van der Waals surface area contributed by atoms with Crippen molar-refractivity contribution in [2.24, 2.45) is 5.92 Å². The quantitative estimate of drug-likeness (QED) is 0.614. The molecule has 32 heavy (non-hydrogen) atoms. The molecule has 1 fully saturated rings. The number of carbonyl (C=O) groups is 3. The van der Waals surface area contributed by atoms with Crippen molar-refractivity contribution in [2.75, 3.05) is 31.6 Å². The SMILES string of the molecule is C[C@@H]1CCN(C(=O)CC#N)C[C@@H]1N(C)c1ncnc2c1ccn2C(=O)NCCCC(=O)O. The van der Waals surface area contributed by atoms with Gasteiger partial charge in [0.05, 0.1) is 17.5 Å². The van der Waals surface area contributed by atoms with Crippen LogP contribution < -0.4 is 10.2 Å². The Morgan fingerprint density at radius 2 is 2.16 bits per heavy atom. The number of carboxylic acid groups (broad SMARTS) is 1. The molecule has 2 amide bonds. The van der Waals surface area contributed by atoms with E-state index in [1.807, 2.05) is 18.0 Å². The highest BCUT2D eigenvalue weighted by Gasteiger charge is 2.32. The molecule has 0 aromatic carbocycles. The van der Waals surface area contributed by atoms with Gasteiger partial charge in [0.1, 0.15) is 18.6 Å². The Balaban J connectivity index is 1.78. The number of likely N-dealkylation sites (N-methyl/N-ethyl adjacent to an activating group) is 1. The zero-order chi connectivity index (χ0) is 23.3. The molecular weight excluding hydrogens is 414 g/mol. The van der Waals surface area contributed by atoms with Crippen LogP contribution in [0.4, 0.5) is 10.6 Å². The molecule has 0 saturated carbocycles. The third-order valence-electron chi connectivity index (χ3n) is 5.86. The van der Waals surface area contributed by atoms with E-state index < -0.39 is 12.0 Å². The number of nitrogens with zero attached hydrogens (tertiary/aromatic N) is 6. The van der Waals surface area contributed by atoms with Gasteiger partial charge in [0.25, 0.3) is 0 Å². The number of likely N-dealkylation sites (tertiary alicyclic amines) is 1. The predicted octanol–water partition coefficient (Wildman–Crippen LogP) is 1.44. The van der Waals surface area contributed by atoms with Crippen LogP contribution in [0, 0.1) is 17.2 Å². The number of fused-ring (bicyclic) bond motifs is 1. The molecular formula is C21H27N7O4. The molecule has 1 saturated heterocycles. The number of nitriles is 1. The normalized spacial score (nSPS) is 18.2. The third kappa shape index (κ3) is 4.96. The van der Waals surface area contributed by atoms with E-state index in [0.29, 0.717) is 42.3 Å². The summed E-state index contributed by atoms with van der Waals surface area (Å²) >= 11 is 0. The summed E-state index contributed by atoms with van der Waals surface area (Å²) in [4.78, 5) is 47.8. The molecule has 1 aliphatic heterocycles. The van der Waals surface area contributed by atoms with Crippen LogP contribution in [0.3, 0.4) is 0 Å². The van der Waals surface area contributed by atoms with E-state index in [9.17, 15) is 14.4 Å². The van der Waals surface area contributed by atoms with Crippen molar-refractivity contribution in [3.8, 4) is 6.07 Å². The van der Waals surface area contributed by atoms with Crippen molar-refractivity contribution in [1.29, 1.82) is 5.26 Å². The van der Waals surface area contributed by atoms with Gasteiger partial charge in [-0.05, 0) is 24.8 Å². The third-order valence-corrected chi connectivity index (χ3v) is 5.86. The van der Waals surface area contributed by atoms with Gasteiger partial charge in [0.2, 0.25) is 5.91 Å². The fraction of sp³-hybridized carbons (Fsp3) is 0.524. The highest BCUT2D eigenvalue weighted by atomic mass is 16.4. The lowest BCUT2D eigenvalue weighted by Gasteiger charge is -2.42. The summed E-state index contributed by atoms with van der Waals surface area (Å²) in [5, 5.41) is 21.0. The Morgan fingerprint density at radius 3 is 2.88 bits per heavy atom. The number of amides is 2. The molecule has 170 valence electrons. The molecule has 3 rings (SSSR count). The van der Waals surface area contributed by atoms with Crippen LogP contribution in [0.15, 0.2) is 18.6 Å². The van der Waals surface area contributed by atoms with E-state index in [-0.39, 0.29) is 31.3 Å². The van der Waals surface area contributed by atoms with Crippen LogP contribution in [0.5, 0.6) is 0 Å². The minimum Gasteiger partial charge on any atom is -0.481 e. The Bertz CT molecular complexity index is 1040. The predicted molar refractivity (Wildman–Crippen MR) is 116 cm³/mol. The number of aromatic nitrogens is 3. The largest absolute Gasteiger partial charge is 0.481 e. The molecule has 0 bridgehead atoms. The van der Waals surface area contributed by atoms with Crippen molar-refractivity contribution in [3.63, 3.8) is 0 Å². The van der Waals surface area contributed by atoms with Gasteiger partial charge in [-0.2, -0.15) is 5.26 Å². The van der Waals surface area contributed by atoms with Crippen molar-refractivity contribution >= 4 is 34.8 Å². The fourth-order valence-corrected chi connectivity index (χ4v) is 4.02. The summed E-state index contributed by atoms with van der Waals surface area (Å²) in [5.41, 5.74) is 0.443. The maximum absolute atomic E-state index is 12.5. The lowest BCUT2D eigenvalue weighted by atomic mass is 9.92. The van der Waals surface area contributed by atoms with Gasteiger partial charge in [0, 0.05) is 39.3 Å². The van der Waals surface area contributed by atoms with Gasteiger partial charge in [-0.3, -0.25) is 14.2 Å². The van der Waals surface area contributed by atoms with Crippen LogP contribution in [-0.4, -0.2) is 75.2 Å². The lowest BCUT2D eigenvalue weighted by molar-refractivity contribution is -0.137. The minimum atomic E-state index is -0.907. The number of carbonyl (C=O) groups excluding carboxylic acids is 2. The van der Waals surface area contributed by atoms with Crippen LogP contribution in [-0.2, 0) is 9.59 Å². The topological polar surface area (TPSA) is 144 Å². The molecule has 0 aliphatic carbocycles. The number of anilines is 1. The van der Waals surface area contributed by atoms with Gasteiger partial charge in [-0.1, -0.05) is 6.92 Å². The number of piperidine rings is 1. The number of carboxylic acids is 1. The van der Waals surface area contributed by atoms with Gasteiger partial charge < -0.3 is 20.2 Å². The van der Waals surface area contributed by atoms with Crippen LogP contribution in [0.1, 0.15) is 32.6 Å². The van der Waals surface area contributed by atoms with Crippen molar-refractivity contribution in [1.82, 2.24) is 24.8 Å². The number of nitrogens with one attached hydrogen (secondary N) is 1. The van der Waals surface area contributed by atoms with Crippen LogP contribution in [0.2, 0.25) is 0 Å². The van der Waals surface area contributed by atoms with Gasteiger partial charge in [0.15, 0.2) is 5.65 Å². The molecule has 0 radical (unpaired) electrons. The second-order valence-electron chi connectivity index (χ2n) is 7.97. The molecule has 1 aliphatic rings. The summed E-state index contributed by atoms with van der Waals surface area (Å²) in [6, 6.07) is 3.29. The number of hydrogen-bond donors (Lipinski definition) is 2. The molecule has 3 heterocycles. The van der Waals surface area contributed by atoms with Crippen molar-refractivity contribution < 1.29 is 19.5 Å². The second-order valence-corrected chi connectivity index (χ2v) is 7.97. The maximum Gasteiger partial charge on any atom is 0.327 e. The lowest BCUT2D eigenvalue weighted by Crippen LogP contribution is -2.52. The Kier molecular flexibility index (Phi) is 7.25. The van der Waals surface area contributed by atoms with E-state index in [1.54, 1.807) is 17.2 Å². The highest BCUT2D eigenvalue weighted by Crippen LogP contribution is 2.29. The van der Waals surface area contributed by atoms with Crippen molar-refractivity contribution in [3.05, 3.63) is 18.6 Å². The fourth-order valence-electron chi connectivity index (χ4n) is 4.02.